The highest BCUT2D eigenvalue weighted by Gasteiger charge is 2.28. The lowest BCUT2D eigenvalue weighted by Gasteiger charge is -2.34. The Morgan fingerprint density at radius 3 is 2.79 bits per heavy atom. The molecule has 2 atom stereocenters. The zero-order chi connectivity index (χ0) is 16.9. The maximum absolute atomic E-state index is 13.4. The van der Waals surface area contributed by atoms with E-state index in [0.717, 1.165) is 11.1 Å². The molecule has 1 amide bonds. The largest absolute Gasteiger partial charge is 0.370 e. The average molecular weight is 328 g/mol. The molecule has 1 fully saturated rings. The minimum absolute atomic E-state index is 0.0939. The molecule has 24 heavy (non-hydrogen) atoms. The van der Waals surface area contributed by atoms with E-state index in [1.807, 2.05) is 36.4 Å². The van der Waals surface area contributed by atoms with Crippen LogP contribution in [0.2, 0.25) is 0 Å². The number of hydrogen-bond acceptors (Lipinski definition) is 3. The van der Waals surface area contributed by atoms with Crippen molar-refractivity contribution in [1.29, 1.82) is 0 Å². The first-order valence-electron chi connectivity index (χ1n) is 8.09. The zero-order valence-corrected chi connectivity index (χ0v) is 13.4. The third kappa shape index (κ3) is 3.99. The van der Waals surface area contributed by atoms with Crippen LogP contribution in [0.1, 0.15) is 17.2 Å². The van der Waals surface area contributed by atoms with Gasteiger partial charge in [-0.05, 0) is 29.7 Å². The van der Waals surface area contributed by atoms with E-state index in [0.29, 0.717) is 26.1 Å². The van der Waals surface area contributed by atoms with Crippen LogP contribution in [0, 0.1) is 5.82 Å². The fourth-order valence-corrected chi connectivity index (χ4v) is 2.95. The highest BCUT2D eigenvalue weighted by Crippen LogP contribution is 2.23. The van der Waals surface area contributed by atoms with Crippen molar-refractivity contribution in [2.24, 2.45) is 5.73 Å². The smallest absolute Gasteiger partial charge is 0.240 e. The van der Waals surface area contributed by atoms with E-state index < -0.39 is 6.04 Å². The number of carbonyl (C=O) groups is 1. The fourth-order valence-electron chi connectivity index (χ4n) is 2.95. The van der Waals surface area contributed by atoms with Crippen LogP contribution in [-0.2, 0) is 16.0 Å². The van der Waals surface area contributed by atoms with Gasteiger partial charge in [0, 0.05) is 6.54 Å². The molecule has 1 aliphatic rings. The number of carbonyl (C=O) groups excluding carboxylic acids is 1. The summed E-state index contributed by atoms with van der Waals surface area (Å²) in [6.45, 7) is 1.32. The van der Waals surface area contributed by atoms with Crippen molar-refractivity contribution < 1.29 is 13.9 Å². The second-order valence-electron chi connectivity index (χ2n) is 5.99. The highest BCUT2D eigenvalue weighted by atomic mass is 19.1. The predicted molar refractivity (Wildman–Crippen MR) is 89.8 cm³/mol. The summed E-state index contributed by atoms with van der Waals surface area (Å²) < 4.78 is 19.1. The van der Waals surface area contributed by atoms with Gasteiger partial charge < -0.3 is 15.4 Å². The first-order valence-corrected chi connectivity index (χ1v) is 8.09. The summed E-state index contributed by atoms with van der Waals surface area (Å²) in [4.78, 5) is 14.3. The summed E-state index contributed by atoms with van der Waals surface area (Å²) in [6.07, 6.45) is 0.184. The monoisotopic (exact) mass is 328 g/mol. The Bertz CT molecular complexity index is 693. The van der Waals surface area contributed by atoms with Crippen molar-refractivity contribution in [3.05, 3.63) is 71.5 Å². The number of hydrogen-bond donors (Lipinski definition) is 1. The summed E-state index contributed by atoms with van der Waals surface area (Å²) >= 11 is 0. The molecule has 0 aromatic heterocycles. The first-order chi connectivity index (χ1) is 11.6. The lowest BCUT2D eigenvalue weighted by molar-refractivity contribution is -0.140. The Morgan fingerprint density at radius 2 is 2.04 bits per heavy atom. The van der Waals surface area contributed by atoms with Crippen LogP contribution < -0.4 is 5.73 Å². The Kier molecular flexibility index (Phi) is 5.23. The number of amides is 1. The van der Waals surface area contributed by atoms with Crippen LogP contribution >= 0.6 is 0 Å². The molecule has 5 heteroatoms. The van der Waals surface area contributed by atoms with Gasteiger partial charge in [0.15, 0.2) is 0 Å². The number of nitrogens with two attached hydrogens (primary N) is 1. The van der Waals surface area contributed by atoms with Crippen molar-refractivity contribution >= 4 is 5.91 Å². The Morgan fingerprint density at radius 1 is 1.25 bits per heavy atom. The van der Waals surface area contributed by atoms with Gasteiger partial charge in [0.05, 0.1) is 19.2 Å². The molecular weight excluding hydrogens is 307 g/mol. The van der Waals surface area contributed by atoms with Gasteiger partial charge >= 0.3 is 0 Å². The van der Waals surface area contributed by atoms with E-state index in [4.69, 9.17) is 10.5 Å². The standard InChI is InChI=1S/C19H21FN2O2/c20-16-8-4-7-15(12-16)18-13-22(9-10-24-18)19(23)17(21)11-14-5-2-1-3-6-14/h1-8,12,17-18H,9-11,13,21H2/t17-,18+/m0/s1. The molecule has 2 aromatic rings. The molecule has 0 radical (unpaired) electrons. The van der Waals surface area contributed by atoms with E-state index in [9.17, 15) is 9.18 Å². The average Bonchev–Trinajstić information content (AvgIpc) is 2.62. The lowest BCUT2D eigenvalue weighted by Crippen LogP contribution is -2.50. The molecule has 0 spiro atoms. The van der Waals surface area contributed by atoms with Crippen LogP contribution in [0.15, 0.2) is 54.6 Å². The van der Waals surface area contributed by atoms with Crippen LogP contribution in [0.5, 0.6) is 0 Å². The van der Waals surface area contributed by atoms with Gasteiger partial charge in [0.25, 0.3) is 0 Å². The molecular formula is C19H21FN2O2. The normalized spacial score (nSPS) is 19.1. The van der Waals surface area contributed by atoms with Crippen molar-refractivity contribution in [2.45, 2.75) is 18.6 Å². The molecule has 0 saturated carbocycles. The maximum atomic E-state index is 13.4. The van der Waals surface area contributed by atoms with Gasteiger partial charge in [-0.3, -0.25) is 4.79 Å². The lowest BCUT2D eigenvalue weighted by atomic mass is 10.0. The topological polar surface area (TPSA) is 55.6 Å². The Balaban J connectivity index is 1.64. The molecule has 1 heterocycles. The van der Waals surface area contributed by atoms with Crippen molar-refractivity contribution in [1.82, 2.24) is 4.90 Å². The van der Waals surface area contributed by atoms with Crippen LogP contribution in [0.4, 0.5) is 4.39 Å². The van der Waals surface area contributed by atoms with E-state index in [2.05, 4.69) is 0 Å². The van der Waals surface area contributed by atoms with Crippen LogP contribution in [0.25, 0.3) is 0 Å². The quantitative estimate of drug-likeness (QED) is 0.937. The van der Waals surface area contributed by atoms with E-state index in [-0.39, 0.29) is 17.8 Å². The third-order valence-corrected chi connectivity index (χ3v) is 4.21. The van der Waals surface area contributed by atoms with Gasteiger partial charge in [-0.25, -0.2) is 4.39 Å². The summed E-state index contributed by atoms with van der Waals surface area (Å²) in [5.74, 6) is -0.399. The first kappa shape index (κ1) is 16.6. The van der Waals surface area contributed by atoms with E-state index in [1.165, 1.54) is 12.1 Å². The van der Waals surface area contributed by atoms with Gasteiger partial charge in [-0.1, -0.05) is 42.5 Å². The molecule has 1 aliphatic heterocycles. The molecule has 2 N–H and O–H groups in total. The van der Waals surface area contributed by atoms with Gasteiger partial charge in [-0.15, -0.1) is 0 Å². The number of morpholine rings is 1. The minimum Gasteiger partial charge on any atom is -0.370 e. The second kappa shape index (κ2) is 7.55. The SMILES string of the molecule is N[C@@H](Cc1ccccc1)C(=O)N1CCO[C@@H](c2cccc(F)c2)C1. The zero-order valence-electron chi connectivity index (χ0n) is 13.4. The van der Waals surface area contributed by atoms with Crippen molar-refractivity contribution in [3.8, 4) is 0 Å². The number of benzene rings is 2. The minimum atomic E-state index is -0.585. The van der Waals surface area contributed by atoms with Crippen LogP contribution in [-0.4, -0.2) is 36.5 Å². The van der Waals surface area contributed by atoms with Gasteiger partial charge in [-0.2, -0.15) is 0 Å². The van der Waals surface area contributed by atoms with Gasteiger partial charge in [0.2, 0.25) is 5.91 Å². The summed E-state index contributed by atoms with van der Waals surface area (Å²) in [5.41, 5.74) is 7.87. The Labute approximate surface area is 141 Å². The summed E-state index contributed by atoms with van der Waals surface area (Å²) in [7, 11) is 0. The molecule has 3 rings (SSSR count). The second-order valence-corrected chi connectivity index (χ2v) is 5.99. The highest BCUT2D eigenvalue weighted by molar-refractivity contribution is 5.82. The fraction of sp³-hybridized carbons (Fsp3) is 0.316. The van der Waals surface area contributed by atoms with Crippen molar-refractivity contribution in [2.75, 3.05) is 19.7 Å². The Hall–Kier alpha value is -2.24. The predicted octanol–water partition coefficient (Wildman–Crippen LogP) is 2.30. The maximum Gasteiger partial charge on any atom is 0.240 e. The molecule has 0 bridgehead atoms. The number of ether oxygens (including phenoxy) is 1. The summed E-state index contributed by atoms with van der Waals surface area (Å²) in [6, 6.07) is 15.4. The molecule has 0 aliphatic carbocycles. The molecule has 2 aromatic carbocycles. The third-order valence-electron chi connectivity index (χ3n) is 4.21. The van der Waals surface area contributed by atoms with Gasteiger partial charge in [0.1, 0.15) is 11.9 Å². The molecule has 4 nitrogen and oxygen atoms in total. The van der Waals surface area contributed by atoms with E-state index in [1.54, 1.807) is 11.0 Å². The number of halogens is 1. The van der Waals surface area contributed by atoms with Crippen molar-refractivity contribution in [3.63, 3.8) is 0 Å². The molecule has 1 saturated heterocycles. The number of nitrogens with zero attached hydrogens (tertiary/aromatic N) is 1. The molecule has 126 valence electrons. The number of rotatable bonds is 4. The van der Waals surface area contributed by atoms with Crippen LogP contribution in [0.3, 0.4) is 0 Å². The van der Waals surface area contributed by atoms with E-state index >= 15 is 0 Å². The summed E-state index contributed by atoms with van der Waals surface area (Å²) in [5, 5.41) is 0. The molecule has 0 unspecified atom stereocenters.